The molecule has 0 fully saturated rings. The highest BCUT2D eigenvalue weighted by molar-refractivity contribution is 7.85. The summed E-state index contributed by atoms with van der Waals surface area (Å²) in [5, 5.41) is 37.9. The minimum absolute atomic E-state index is 0.0958. The molecule has 0 bridgehead atoms. The Morgan fingerprint density at radius 3 is 2.13 bits per heavy atom. The molecule has 4 aromatic carbocycles. The van der Waals surface area contributed by atoms with Crippen molar-refractivity contribution < 1.29 is 32.7 Å². The predicted molar refractivity (Wildman–Crippen MR) is 142 cm³/mol. The number of nitrogens with one attached hydrogen (secondary N) is 1. The third-order valence-corrected chi connectivity index (χ3v) is 6.04. The summed E-state index contributed by atoms with van der Waals surface area (Å²) in [5.74, 6) is -0.418. The first-order chi connectivity index (χ1) is 18.6. The molecule has 0 radical (unpaired) electrons. The summed E-state index contributed by atoms with van der Waals surface area (Å²) in [6, 6.07) is 20.2. The van der Waals surface area contributed by atoms with Crippen LogP contribution in [-0.4, -0.2) is 36.2 Å². The second-order valence-electron chi connectivity index (χ2n) is 7.93. The van der Waals surface area contributed by atoms with Gasteiger partial charge in [0.2, 0.25) is 0 Å². The second-order valence-corrected chi connectivity index (χ2v) is 9.35. The minimum atomic E-state index is -4.37. The molecule has 0 saturated heterocycles. The molecule has 0 aliphatic rings. The Morgan fingerprint density at radius 1 is 0.795 bits per heavy atom. The first-order valence-electron chi connectivity index (χ1n) is 11.1. The molecule has 0 heterocycles. The first-order valence-corrected chi connectivity index (χ1v) is 12.6. The Labute approximate surface area is 222 Å². The van der Waals surface area contributed by atoms with Crippen LogP contribution in [0, 0.1) is 0 Å². The number of anilines is 1. The highest BCUT2D eigenvalue weighted by Crippen LogP contribution is 2.32. The molecule has 0 aromatic heterocycles. The Bertz CT molecular complexity index is 1690. The third kappa shape index (κ3) is 7.00. The van der Waals surface area contributed by atoms with E-state index >= 15 is 0 Å². The molecule has 4 rings (SSSR count). The van der Waals surface area contributed by atoms with Gasteiger partial charge in [-0.05, 0) is 66.7 Å². The zero-order chi connectivity index (χ0) is 28.0. The van der Waals surface area contributed by atoms with Gasteiger partial charge in [-0.15, -0.1) is 5.11 Å². The van der Waals surface area contributed by atoms with E-state index in [0.717, 1.165) is 6.07 Å². The number of carbonyl (C=O) groups excluding carboxylic acids is 1. The van der Waals surface area contributed by atoms with Crippen LogP contribution >= 0.6 is 0 Å². The van der Waals surface area contributed by atoms with Crippen LogP contribution in [0.5, 0.6) is 17.2 Å². The zero-order valence-electron chi connectivity index (χ0n) is 20.3. The summed E-state index contributed by atoms with van der Waals surface area (Å²) in [7, 11) is -2.94. The number of ether oxygens (including phenoxy) is 1. The van der Waals surface area contributed by atoms with Gasteiger partial charge in [0.15, 0.2) is 0 Å². The first kappa shape index (κ1) is 26.9. The number of rotatable bonds is 8. The summed E-state index contributed by atoms with van der Waals surface area (Å²) in [6.07, 6.45) is 0. The molecule has 198 valence electrons. The van der Waals surface area contributed by atoms with Crippen LogP contribution < -0.4 is 10.1 Å². The Hall–Kier alpha value is -5.14. The average Bonchev–Trinajstić information content (AvgIpc) is 2.92. The Kier molecular flexibility index (Phi) is 7.93. The van der Waals surface area contributed by atoms with Gasteiger partial charge in [-0.1, -0.05) is 6.07 Å². The quantitative estimate of drug-likeness (QED) is 0.144. The van der Waals surface area contributed by atoms with Crippen LogP contribution in [-0.2, 0) is 10.1 Å². The third-order valence-electron chi connectivity index (χ3n) is 5.19. The molecule has 0 aliphatic heterocycles. The Balaban J connectivity index is 1.44. The largest absolute Gasteiger partial charge is 0.508 e. The topological polar surface area (TPSA) is 183 Å². The molecular formula is C26H21N5O7S. The van der Waals surface area contributed by atoms with Crippen LogP contribution in [0.2, 0.25) is 0 Å². The molecule has 39 heavy (non-hydrogen) atoms. The van der Waals surface area contributed by atoms with Gasteiger partial charge in [0, 0.05) is 17.7 Å². The molecule has 0 unspecified atom stereocenters. The lowest BCUT2D eigenvalue weighted by Crippen LogP contribution is -2.12. The SMILES string of the molecule is COc1cc(N=Nc2cccc(S(=O)(=O)O)c2)ccc1NC(=O)c1ccc(N=Nc2ccc(O)cc2O)cc1. The fourth-order valence-electron chi connectivity index (χ4n) is 3.25. The van der Waals surface area contributed by atoms with Crippen molar-refractivity contribution in [1.82, 2.24) is 0 Å². The van der Waals surface area contributed by atoms with Gasteiger partial charge in [-0.25, -0.2) is 0 Å². The predicted octanol–water partition coefficient (Wildman–Crippen LogP) is 6.44. The molecule has 0 atom stereocenters. The fourth-order valence-corrected chi connectivity index (χ4v) is 3.77. The van der Waals surface area contributed by atoms with E-state index in [1.165, 1.54) is 49.6 Å². The van der Waals surface area contributed by atoms with Crippen molar-refractivity contribution in [1.29, 1.82) is 0 Å². The lowest BCUT2D eigenvalue weighted by molar-refractivity contribution is 0.102. The molecule has 1 amide bonds. The lowest BCUT2D eigenvalue weighted by atomic mass is 10.2. The minimum Gasteiger partial charge on any atom is -0.508 e. The molecular weight excluding hydrogens is 526 g/mol. The second kappa shape index (κ2) is 11.5. The highest BCUT2D eigenvalue weighted by atomic mass is 32.2. The summed E-state index contributed by atoms with van der Waals surface area (Å²) < 4.78 is 37.1. The fraction of sp³-hybridized carbons (Fsp3) is 0.0385. The van der Waals surface area contributed by atoms with Crippen LogP contribution in [0.25, 0.3) is 0 Å². The number of amides is 1. The van der Waals surface area contributed by atoms with E-state index in [4.69, 9.17) is 4.74 Å². The van der Waals surface area contributed by atoms with Crippen molar-refractivity contribution in [2.45, 2.75) is 4.90 Å². The molecule has 0 aliphatic carbocycles. The number of carbonyl (C=O) groups is 1. The molecule has 0 saturated carbocycles. The van der Waals surface area contributed by atoms with Crippen LogP contribution in [0.4, 0.5) is 28.4 Å². The summed E-state index contributed by atoms with van der Waals surface area (Å²) >= 11 is 0. The van der Waals surface area contributed by atoms with E-state index in [0.29, 0.717) is 28.4 Å². The van der Waals surface area contributed by atoms with E-state index in [2.05, 4.69) is 25.8 Å². The van der Waals surface area contributed by atoms with Crippen molar-refractivity contribution in [2.75, 3.05) is 12.4 Å². The monoisotopic (exact) mass is 547 g/mol. The standard InChI is InChI=1S/C26H21N5O7S/c1-38-25-14-19(30-29-18-3-2-4-21(13-18)39(35,36)37)9-11-23(25)27-26(34)16-5-7-17(8-6-16)28-31-22-12-10-20(32)15-24(22)33/h2-15,32-33H,1H3,(H,27,34)(H,35,36,37). The van der Waals surface area contributed by atoms with Crippen molar-refractivity contribution in [3.05, 3.63) is 90.5 Å². The van der Waals surface area contributed by atoms with E-state index in [1.54, 1.807) is 36.4 Å². The molecule has 4 N–H and O–H groups in total. The molecule has 12 nitrogen and oxygen atoms in total. The number of hydrogen-bond acceptors (Lipinski definition) is 10. The van der Waals surface area contributed by atoms with E-state index in [-0.39, 0.29) is 27.8 Å². The number of methoxy groups -OCH3 is 1. The zero-order valence-corrected chi connectivity index (χ0v) is 21.1. The average molecular weight is 548 g/mol. The number of phenols is 2. The van der Waals surface area contributed by atoms with Crippen molar-refractivity contribution in [2.24, 2.45) is 20.5 Å². The molecule has 4 aromatic rings. The van der Waals surface area contributed by atoms with Gasteiger partial charge < -0.3 is 20.3 Å². The summed E-state index contributed by atoms with van der Waals surface area (Å²) in [5.41, 5.74) is 1.91. The van der Waals surface area contributed by atoms with Crippen LogP contribution in [0.3, 0.4) is 0 Å². The van der Waals surface area contributed by atoms with E-state index in [9.17, 15) is 28.0 Å². The van der Waals surface area contributed by atoms with E-state index in [1.807, 2.05) is 0 Å². The van der Waals surface area contributed by atoms with Gasteiger partial charge in [0.25, 0.3) is 16.0 Å². The van der Waals surface area contributed by atoms with Crippen LogP contribution in [0.15, 0.2) is 110 Å². The molecule has 0 spiro atoms. The number of benzene rings is 4. The number of aromatic hydroxyl groups is 2. The highest BCUT2D eigenvalue weighted by Gasteiger charge is 2.12. The van der Waals surface area contributed by atoms with Crippen molar-refractivity contribution in [3.8, 4) is 17.2 Å². The normalized spacial score (nSPS) is 11.6. The van der Waals surface area contributed by atoms with Gasteiger partial charge in [-0.2, -0.15) is 23.8 Å². The van der Waals surface area contributed by atoms with Crippen molar-refractivity contribution >= 4 is 44.5 Å². The summed E-state index contributed by atoms with van der Waals surface area (Å²) in [4.78, 5) is 12.5. The van der Waals surface area contributed by atoms with Crippen molar-refractivity contribution in [3.63, 3.8) is 0 Å². The number of azo groups is 2. The number of hydrogen-bond donors (Lipinski definition) is 4. The van der Waals surface area contributed by atoms with Gasteiger partial charge in [0.1, 0.15) is 22.9 Å². The summed E-state index contributed by atoms with van der Waals surface area (Å²) in [6.45, 7) is 0. The van der Waals surface area contributed by atoms with E-state index < -0.39 is 16.0 Å². The maximum absolute atomic E-state index is 12.8. The number of phenolic OH excluding ortho intramolecular Hbond substituents is 2. The van der Waals surface area contributed by atoms with Gasteiger partial charge >= 0.3 is 0 Å². The van der Waals surface area contributed by atoms with Gasteiger partial charge in [0.05, 0.1) is 34.8 Å². The lowest BCUT2D eigenvalue weighted by Gasteiger charge is -2.11. The number of nitrogens with zero attached hydrogens (tertiary/aromatic N) is 4. The van der Waals surface area contributed by atoms with Gasteiger partial charge in [-0.3, -0.25) is 9.35 Å². The Morgan fingerprint density at radius 2 is 1.46 bits per heavy atom. The maximum Gasteiger partial charge on any atom is 0.294 e. The molecule has 13 heteroatoms. The van der Waals surface area contributed by atoms with Crippen LogP contribution in [0.1, 0.15) is 10.4 Å². The smallest absolute Gasteiger partial charge is 0.294 e. The maximum atomic E-state index is 12.8.